The first-order valence-electron chi connectivity index (χ1n) is 8.12. The Labute approximate surface area is 160 Å². The highest BCUT2D eigenvalue weighted by Crippen LogP contribution is 2.30. The predicted octanol–water partition coefficient (Wildman–Crippen LogP) is 2.48. The first kappa shape index (κ1) is 18.8. The molecule has 0 aliphatic carbocycles. The van der Waals surface area contributed by atoms with Crippen LogP contribution in [0, 0.1) is 0 Å². The van der Waals surface area contributed by atoms with Crippen LogP contribution in [0.2, 0.25) is 0 Å². The molecule has 2 aliphatic heterocycles. The molecule has 0 radical (unpaired) electrons. The molecule has 2 aliphatic rings. The Balaban J connectivity index is 1.77. The van der Waals surface area contributed by atoms with Crippen LogP contribution in [-0.2, 0) is 9.59 Å². The summed E-state index contributed by atoms with van der Waals surface area (Å²) < 4.78 is 2.99. The van der Waals surface area contributed by atoms with Crippen LogP contribution in [0.3, 0.4) is 0 Å². The monoisotopic (exact) mass is 392 g/mol. The van der Waals surface area contributed by atoms with Gasteiger partial charge in [0.25, 0.3) is 5.91 Å². The van der Waals surface area contributed by atoms with Gasteiger partial charge in [0.15, 0.2) is 0 Å². The van der Waals surface area contributed by atoms with Gasteiger partial charge in [0.05, 0.1) is 5.70 Å². The SMILES string of the molecule is CSc1cccc(NC(=O)CN2C(=O)N(C(C)C)C(=O)C3NSC=C32)c1. The fourth-order valence-electron chi connectivity index (χ4n) is 2.84. The van der Waals surface area contributed by atoms with Crippen molar-refractivity contribution in [3.05, 3.63) is 35.4 Å². The molecule has 1 atom stereocenters. The first-order chi connectivity index (χ1) is 12.4. The van der Waals surface area contributed by atoms with Crippen molar-refractivity contribution in [3.63, 3.8) is 0 Å². The number of nitrogens with zero attached hydrogens (tertiary/aromatic N) is 2. The summed E-state index contributed by atoms with van der Waals surface area (Å²) >= 11 is 2.83. The van der Waals surface area contributed by atoms with Crippen LogP contribution in [0.1, 0.15) is 13.8 Å². The maximum absolute atomic E-state index is 12.8. The maximum Gasteiger partial charge on any atom is 0.331 e. The number of hydrogen-bond donors (Lipinski definition) is 2. The van der Waals surface area contributed by atoms with Gasteiger partial charge in [0, 0.05) is 22.0 Å². The minimum absolute atomic E-state index is 0.149. The molecule has 1 saturated heterocycles. The van der Waals surface area contributed by atoms with Gasteiger partial charge in [-0.2, -0.15) is 0 Å². The molecule has 26 heavy (non-hydrogen) atoms. The molecule has 138 valence electrons. The highest BCUT2D eigenvalue weighted by Gasteiger charge is 2.46. The lowest BCUT2D eigenvalue weighted by Gasteiger charge is -2.39. The molecule has 0 bridgehead atoms. The lowest BCUT2D eigenvalue weighted by molar-refractivity contribution is -0.133. The zero-order chi connectivity index (χ0) is 18.8. The molecule has 0 aromatic heterocycles. The van der Waals surface area contributed by atoms with Gasteiger partial charge in [-0.3, -0.25) is 19.4 Å². The van der Waals surface area contributed by atoms with Gasteiger partial charge >= 0.3 is 6.03 Å². The number of nitrogens with one attached hydrogen (secondary N) is 2. The summed E-state index contributed by atoms with van der Waals surface area (Å²) in [5.74, 6) is -0.600. The van der Waals surface area contributed by atoms with Crippen molar-refractivity contribution in [1.29, 1.82) is 0 Å². The van der Waals surface area contributed by atoms with Crippen LogP contribution >= 0.6 is 23.7 Å². The summed E-state index contributed by atoms with van der Waals surface area (Å²) in [7, 11) is 0. The number of anilines is 1. The Kier molecular flexibility index (Phi) is 5.59. The topological polar surface area (TPSA) is 81.8 Å². The van der Waals surface area contributed by atoms with Crippen molar-refractivity contribution in [2.24, 2.45) is 0 Å². The zero-order valence-electron chi connectivity index (χ0n) is 14.7. The van der Waals surface area contributed by atoms with E-state index in [9.17, 15) is 14.4 Å². The van der Waals surface area contributed by atoms with Gasteiger partial charge < -0.3 is 5.32 Å². The number of amides is 4. The highest BCUT2D eigenvalue weighted by molar-refractivity contribution is 8.00. The first-order valence-corrected chi connectivity index (χ1v) is 10.2. The summed E-state index contributed by atoms with van der Waals surface area (Å²) in [5.41, 5.74) is 1.20. The van der Waals surface area contributed by atoms with Crippen molar-refractivity contribution in [2.45, 2.75) is 30.8 Å². The summed E-state index contributed by atoms with van der Waals surface area (Å²) in [6.07, 6.45) is 1.96. The van der Waals surface area contributed by atoms with Gasteiger partial charge in [-0.25, -0.2) is 9.52 Å². The molecule has 9 heteroatoms. The largest absolute Gasteiger partial charge is 0.331 e. The number of rotatable bonds is 5. The van der Waals surface area contributed by atoms with Crippen LogP contribution in [0.4, 0.5) is 10.5 Å². The smallest absolute Gasteiger partial charge is 0.324 e. The van der Waals surface area contributed by atoms with E-state index in [0.29, 0.717) is 11.4 Å². The van der Waals surface area contributed by atoms with Crippen LogP contribution < -0.4 is 10.0 Å². The molecule has 7 nitrogen and oxygen atoms in total. The van der Waals surface area contributed by atoms with Crippen LogP contribution in [0.25, 0.3) is 0 Å². The summed E-state index contributed by atoms with van der Waals surface area (Å²) in [4.78, 5) is 41.4. The number of benzene rings is 1. The molecule has 0 spiro atoms. The second kappa shape index (κ2) is 7.73. The van der Waals surface area contributed by atoms with Gasteiger partial charge in [-0.1, -0.05) is 18.0 Å². The van der Waals surface area contributed by atoms with Crippen molar-refractivity contribution in [2.75, 3.05) is 18.1 Å². The van der Waals surface area contributed by atoms with E-state index in [4.69, 9.17) is 0 Å². The molecule has 1 aromatic carbocycles. The molecule has 2 N–H and O–H groups in total. The van der Waals surface area contributed by atoms with Crippen molar-refractivity contribution < 1.29 is 14.4 Å². The molecule has 1 unspecified atom stereocenters. The molecule has 1 aromatic rings. The Morgan fingerprint density at radius 3 is 2.85 bits per heavy atom. The van der Waals surface area contributed by atoms with Gasteiger partial charge in [0.2, 0.25) is 5.91 Å². The number of carbonyl (C=O) groups excluding carboxylic acids is 3. The predicted molar refractivity (Wildman–Crippen MR) is 104 cm³/mol. The minimum Gasteiger partial charge on any atom is -0.324 e. The average molecular weight is 393 g/mol. The number of hydrogen-bond acceptors (Lipinski definition) is 6. The fraction of sp³-hybridized carbons (Fsp3) is 0.353. The lowest BCUT2D eigenvalue weighted by atomic mass is 10.1. The number of fused-ring (bicyclic) bond motifs is 1. The Hall–Kier alpha value is -1.97. The van der Waals surface area contributed by atoms with E-state index in [-0.39, 0.29) is 24.4 Å². The van der Waals surface area contributed by atoms with Crippen LogP contribution in [-0.4, -0.2) is 52.5 Å². The normalized spacial score (nSPS) is 19.7. The highest BCUT2D eigenvalue weighted by atomic mass is 32.2. The third-order valence-corrected chi connectivity index (χ3v) is 5.52. The molecule has 3 rings (SSSR count). The van der Waals surface area contributed by atoms with Crippen molar-refractivity contribution in [3.8, 4) is 0 Å². The second-order valence-electron chi connectivity index (χ2n) is 6.16. The molecular formula is C17H20N4O3S2. The zero-order valence-corrected chi connectivity index (χ0v) is 16.3. The van der Waals surface area contributed by atoms with Crippen molar-refractivity contribution >= 4 is 47.2 Å². The molecule has 1 fully saturated rings. The second-order valence-corrected chi connectivity index (χ2v) is 7.75. The van der Waals surface area contributed by atoms with E-state index in [1.54, 1.807) is 37.1 Å². The van der Waals surface area contributed by atoms with E-state index in [0.717, 1.165) is 4.90 Å². The molecule has 0 saturated carbocycles. The third-order valence-electron chi connectivity index (χ3n) is 4.07. The Morgan fingerprint density at radius 1 is 1.38 bits per heavy atom. The standard InChI is InChI=1S/C17H20N4O3S2/c1-10(2)21-16(23)15-13(9-26-19-15)20(17(21)24)8-14(22)18-11-5-4-6-12(7-11)25-3/h4-7,9-10,15,19H,8H2,1-3H3,(H,18,22). The van der Waals surface area contributed by atoms with Gasteiger partial charge in [-0.15, -0.1) is 11.8 Å². The molecule has 2 heterocycles. The van der Waals surface area contributed by atoms with Crippen LogP contribution in [0.15, 0.2) is 40.3 Å². The average Bonchev–Trinajstić information content (AvgIpc) is 3.08. The summed E-state index contributed by atoms with van der Waals surface area (Å²) in [6.45, 7) is 3.40. The number of carbonyl (C=O) groups is 3. The molecular weight excluding hydrogens is 372 g/mol. The Bertz CT molecular complexity index is 781. The van der Waals surface area contributed by atoms with Crippen LogP contribution in [0.5, 0.6) is 0 Å². The summed E-state index contributed by atoms with van der Waals surface area (Å²) in [5, 5.41) is 4.52. The Morgan fingerprint density at radius 2 is 2.15 bits per heavy atom. The number of thioether (sulfide) groups is 1. The van der Waals surface area contributed by atoms with E-state index in [1.165, 1.54) is 21.7 Å². The van der Waals surface area contributed by atoms with E-state index < -0.39 is 12.1 Å². The van der Waals surface area contributed by atoms with E-state index in [1.807, 2.05) is 24.5 Å². The summed E-state index contributed by atoms with van der Waals surface area (Å²) in [6, 6.07) is 6.14. The maximum atomic E-state index is 12.8. The van der Waals surface area contributed by atoms with Gasteiger partial charge in [-0.05, 0) is 38.3 Å². The number of urea groups is 1. The number of imide groups is 1. The van der Waals surface area contributed by atoms with E-state index in [2.05, 4.69) is 10.0 Å². The fourth-order valence-corrected chi connectivity index (χ4v) is 4.11. The lowest BCUT2D eigenvalue weighted by Crippen LogP contribution is -2.62. The van der Waals surface area contributed by atoms with Crippen molar-refractivity contribution in [1.82, 2.24) is 14.5 Å². The molecule has 4 amide bonds. The van der Waals surface area contributed by atoms with E-state index >= 15 is 0 Å². The van der Waals surface area contributed by atoms with Gasteiger partial charge in [0.1, 0.15) is 12.6 Å². The quantitative estimate of drug-likeness (QED) is 0.592. The minimum atomic E-state index is -0.604. The third kappa shape index (κ3) is 3.60.